The van der Waals surface area contributed by atoms with E-state index in [0.29, 0.717) is 25.7 Å². The van der Waals surface area contributed by atoms with Gasteiger partial charge in [-0.05, 0) is 66.2 Å². The van der Waals surface area contributed by atoms with Crippen molar-refractivity contribution < 1.29 is 13.3 Å². The molecule has 0 atom stereocenters. The summed E-state index contributed by atoms with van der Waals surface area (Å²) in [6.07, 6.45) is 9.28. The van der Waals surface area contributed by atoms with Crippen LogP contribution in [-0.4, -0.2) is 28.6 Å². The molecule has 1 saturated carbocycles. The van der Waals surface area contributed by atoms with Crippen LogP contribution in [0.4, 0.5) is 0 Å². The van der Waals surface area contributed by atoms with Crippen molar-refractivity contribution in [2.45, 2.75) is 66.3 Å². The average Bonchev–Trinajstić information content (AvgIpc) is 2.53. The van der Waals surface area contributed by atoms with Crippen molar-refractivity contribution in [2.24, 2.45) is 5.92 Å². The molecule has 0 amide bonds. The Morgan fingerprint density at radius 1 is 0.909 bits per heavy atom. The van der Waals surface area contributed by atoms with Gasteiger partial charge in [0.25, 0.3) is 0 Å². The Labute approximate surface area is 138 Å². The summed E-state index contributed by atoms with van der Waals surface area (Å²) in [6, 6.07) is 0.932. The lowest BCUT2D eigenvalue weighted by atomic mass is 9.80. The maximum absolute atomic E-state index is 5.97. The predicted octanol–water partition coefficient (Wildman–Crippen LogP) is 5.12. The van der Waals surface area contributed by atoms with Crippen LogP contribution in [0.1, 0.15) is 60.3 Å². The fourth-order valence-electron chi connectivity index (χ4n) is 3.28. The first-order chi connectivity index (χ1) is 10.6. The van der Waals surface area contributed by atoms with E-state index in [4.69, 9.17) is 13.3 Å². The van der Waals surface area contributed by atoms with Gasteiger partial charge >= 0.3 is 8.80 Å². The molecule has 0 unspecified atom stereocenters. The fourth-order valence-corrected chi connectivity index (χ4v) is 6.04. The third kappa shape index (κ3) is 5.99. The number of hydrogen-bond donors (Lipinski definition) is 0. The Kier molecular flexibility index (Phi) is 9.25. The van der Waals surface area contributed by atoms with E-state index in [1.807, 2.05) is 20.8 Å². The number of allylic oxidation sites excluding steroid dienone is 4. The smallest absolute Gasteiger partial charge is 0.374 e. The van der Waals surface area contributed by atoms with Gasteiger partial charge < -0.3 is 13.3 Å². The van der Waals surface area contributed by atoms with Crippen LogP contribution in [0.15, 0.2) is 23.3 Å². The molecule has 0 radical (unpaired) electrons. The second-order valence-electron chi connectivity index (χ2n) is 5.87. The van der Waals surface area contributed by atoms with E-state index in [0.717, 1.165) is 18.9 Å². The maximum Gasteiger partial charge on any atom is 0.500 e. The van der Waals surface area contributed by atoms with Crippen LogP contribution in [0.2, 0.25) is 6.04 Å². The molecule has 0 heterocycles. The molecule has 1 fully saturated rings. The Hall–Kier alpha value is -0.423. The van der Waals surface area contributed by atoms with Crippen molar-refractivity contribution in [3.63, 3.8) is 0 Å². The summed E-state index contributed by atoms with van der Waals surface area (Å²) in [4.78, 5) is 0. The highest BCUT2D eigenvalue weighted by atomic mass is 28.4. The number of hydrogen-bond acceptors (Lipinski definition) is 3. The summed E-state index contributed by atoms with van der Waals surface area (Å²) in [5, 5.41) is 0. The van der Waals surface area contributed by atoms with Gasteiger partial charge in [-0.25, -0.2) is 0 Å². The molecule has 1 aliphatic rings. The van der Waals surface area contributed by atoms with E-state index in [1.54, 1.807) is 11.1 Å². The van der Waals surface area contributed by atoms with Crippen LogP contribution in [0.25, 0.3) is 0 Å². The molecular formula is C18H34O3Si. The minimum Gasteiger partial charge on any atom is -0.374 e. The zero-order valence-electron chi connectivity index (χ0n) is 15.1. The standard InChI is InChI=1S/C18H34O3Si/c1-6-16-13-17(7-2)15-18(14-16)11-12-22(19-8-3,20-9-4)21-10-5/h6-7,18H,8-15H2,1-5H3. The largest absolute Gasteiger partial charge is 0.500 e. The zero-order valence-corrected chi connectivity index (χ0v) is 16.1. The van der Waals surface area contributed by atoms with Crippen molar-refractivity contribution >= 4 is 8.80 Å². The summed E-state index contributed by atoms with van der Waals surface area (Å²) < 4.78 is 17.9. The van der Waals surface area contributed by atoms with E-state index in [-0.39, 0.29) is 0 Å². The highest BCUT2D eigenvalue weighted by Gasteiger charge is 2.40. The van der Waals surface area contributed by atoms with E-state index >= 15 is 0 Å². The van der Waals surface area contributed by atoms with Gasteiger partial charge in [-0.3, -0.25) is 0 Å². The summed E-state index contributed by atoms with van der Waals surface area (Å²) in [5.74, 6) is 0.694. The zero-order chi connectivity index (χ0) is 16.4. The minimum absolute atomic E-state index is 0.664. The summed E-state index contributed by atoms with van der Waals surface area (Å²) in [5.41, 5.74) is 3.14. The van der Waals surface area contributed by atoms with Crippen molar-refractivity contribution in [3.05, 3.63) is 23.3 Å². The molecule has 0 N–H and O–H groups in total. The minimum atomic E-state index is -2.48. The first kappa shape index (κ1) is 19.6. The molecule has 0 saturated heterocycles. The second kappa shape index (κ2) is 10.4. The monoisotopic (exact) mass is 326 g/mol. The maximum atomic E-state index is 5.97. The first-order valence-electron chi connectivity index (χ1n) is 8.82. The lowest BCUT2D eigenvalue weighted by Crippen LogP contribution is -2.46. The molecule has 0 aliphatic heterocycles. The van der Waals surface area contributed by atoms with Crippen LogP contribution in [0.5, 0.6) is 0 Å². The van der Waals surface area contributed by atoms with Crippen molar-refractivity contribution in [1.82, 2.24) is 0 Å². The Morgan fingerprint density at radius 2 is 1.36 bits per heavy atom. The lowest BCUT2D eigenvalue weighted by molar-refractivity contribution is 0.0694. The topological polar surface area (TPSA) is 27.7 Å². The van der Waals surface area contributed by atoms with Crippen LogP contribution < -0.4 is 0 Å². The van der Waals surface area contributed by atoms with E-state index in [2.05, 4.69) is 26.0 Å². The van der Waals surface area contributed by atoms with Crippen molar-refractivity contribution in [2.75, 3.05) is 19.8 Å². The van der Waals surface area contributed by atoms with Gasteiger partial charge in [0.05, 0.1) is 0 Å². The van der Waals surface area contributed by atoms with Gasteiger partial charge in [-0.15, -0.1) is 0 Å². The molecule has 0 aromatic heterocycles. The molecule has 0 aromatic carbocycles. The van der Waals surface area contributed by atoms with Gasteiger partial charge in [0, 0.05) is 25.9 Å². The quantitative estimate of drug-likeness (QED) is 0.435. The molecule has 0 aromatic rings. The summed E-state index contributed by atoms with van der Waals surface area (Å²) >= 11 is 0. The van der Waals surface area contributed by atoms with Crippen LogP contribution in [0.3, 0.4) is 0 Å². The molecule has 22 heavy (non-hydrogen) atoms. The average molecular weight is 327 g/mol. The molecule has 0 bridgehead atoms. The highest BCUT2D eigenvalue weighted by molar-refractivity contribution is 6.60. The van der Waals surface area contributed by atoms with Crippen LogP contribution >= 0.6 is 0 Å². The normalized spacial score (nSPS) is 23.4. The van der Waals surface area contributed by atoms with E-state index in [1.165, 1.54) is 12.8 Å². The van der Waals surface area contributed by atoms with Gasteiger partial charge in [-0.2, -0.15) is 0 Å². The van der Waals surface area contributed by atoms with Crippen molar-refractivity contribution in [3.8, 4) is 0 Å². The molecule has 3 nitrogen and oxygen atoms in total. The van der Waals surface area contributed by atoms with Gasteiger partial charge in [0.15, 0.2) is 0 Å². The van der Waals surface area contributed by atoms with Crippen LogP contribution in [0, 0.1) is 5.92 Å². The van der Waals surface area contributed by atoms with Gasteiger partial charge in [0.2, 0.25) is 0 Å². The van der Waals surface area contributed by atoms with E-state index < -0.39 is 8.80 Å². The molecular weight excluding hydrogens is 292 g/mol. The Morgan fingerprint density at radius 3 is 1.73 bits per heavy atom. The Balaban J connectivity index is 2.69. The van der Waals surface area contributed by atoms with Gasteiger partial charge in [0.1, 0.15) is 0 Å². The molecule has 128 valence electrons. The van der Waals surface area contributed by atoms with E-state index in [9.17, 15) is 0 Å². The highest BCUT2D eigenvalue weighted by Crippen LogP contribution is 2.36. The molecule has 1 rings (SSSR count). The van der Waals surface area contributed by atoms with Crippen molar-refractivity contribution in [1.29, 1.82) is 0 Å². The summed E-state index contributed by atoms with van der Waals surface area (Å²) in [6.45, 7) is 12.4. The summed E-state index contributed by atoms with van der Waals surface area (Å²) in [7, 11) is -2.48. The molecule has 0 spiro atoms. The third-order valence-electron chi connectivity index (χ3n) is 4.32. The number of rotatable bonds is 9. The van der Waals surface area contributed by atoms with Gasteiger partial charge in [-0.1, -0.05) is 23.3 Å². The Bertz CT molecular complexity index is 340. The third-order valence-corrected chi connectivity index (χ3v) is 7.41. The second-order valence-corrected chi connectivity index (χ2v) is 8.60. The molecule has 4 heteroatoms. The predicted molar refractivity (Wildman–Crippen MR) is 94.9 cm³/mol. The molecule has 1 aliphatic carbocycles. The lowest BCUT2D eigenvalue weighted by Gasteiger charge is -2.32. The first-order valence-corrected chi connectivity index (χ1v) is 10.8. The fraction of sp³-hybridized carbons (Fsp3) is 0.778. The van der Waals surface area contributed by atoms with Crippen LogP contribution in [-0.2, 0) is 13.3 Å². The SMILES string of the molecule is CC=C1CC(=CC)CC(CC[Si](OCC)(OCC)OCC)C1.